The van der Waals surface area contributed by atoms with E-state index in [9.17, 15) is 10.1 Å². The van der Waals surface area contributed by atoms with Crippen LogP contribution in [0.4, 0.5) is 0 Å². The summed E-state index contributed by atoms with van der Waals surface area (Å²) in [5.41, 5.74) is 2.49. The molecule has 23 heavy (non-hydrogen) atoms. The first-order valence-corrected chi connectivity index (χ1v) is 8.46. The van der Waals surface area contributed by atoms with Gasteiger partial charge < -0.3 is 9.64 Å². The molecule has 1 saturated heterocycles. The fourth-order valence-electron chi connectivity index (χ4n) is 2.48. The third-order valence-electron chi connectivity index (χ3n) is 3.75. The summed E-state index contributed by atoms with van der Waals surface area (Å²) in [6.45, 7) is 4.46. The molecule has 6 heteroatoms. The van der Waals surface area contributed by atoms with Gasteiger partial charge in [0.25, 0.3) is 0 Å². The van der Waals surface area contributed by atoms with Crippen molar-refractivity contribution in [3.63, 3.8) is 0 Å². The number of hydrogen-bond acceptors (Lipinski definition) is 5. The molecule has 1 fully saturated rings. The van der Waals surface area contributed by atoms with Crippen molar-refractivity contribution in [2.75, 3.05) is 32.1 Å². The Morgan fingerprint density at radius 1 is 1.39 bits per heavy atom. The summed E-state index contributed by atoms with van der Waals surface area (Å²) in [4.78, 5) is 18.6. The Kier molecular flexibility index (Phi) is 4.79. The lowest BCUT2D eigenvalue weighted by atomic mass is 10.1. The van der Waals surface area contributed by atoms with Crippen LogP contribution in [0.5, 0.6) is 0 Å². The Morgan fingerprint density at radius 2 is 2.17 bits per heavy atom. The van der Waals surface area contributed by atoms with E-state index in [2.05, 4.69) is 11.1 Å². The minimum absolute atomic E-state index is 0.0633. The molecule has 3 rings (SSSR count). The van der Waals surface area contributed by atoms with E-state index in [0.717, 1.165) is 16.5 Å². The van der Waals surface area contributed by atoms with Gasteiger partial charge in [0.1, 0.15) is 11.1 Å². The second-order valence-corrected chi connectivity index (χ2v) is 6.39. The molecule has 118 valence electrons. The molecule has 0 spiro atoms. The van der Waals surface area contributed by atoms with Crippen LogP contribution < -0.4 is 0 Å². The zero-order valence-electron chi connectivity index (χ0n) is 12.9. The highest BCUT2D eigenvalue weighted by atomic mass is 32.2. The fraction of sp³-hybridized carbons (Fsp3) is 0.353. The number of thioether (sulfide) groups is 1. The van der Waals surface area contributed by atoms with Crippen LogP contribution in [0, 0.1) is 18.3 Å². The Morgan fingerprint density at radius 3 is 2.91 bits per heavy atom. The summed E-state index contributed by atoms with van der Waals surface area (Å²) in [5.74, 6) is 0.354. The number of aromatic nitrogens is 1. The largest absolute Gasteiger partial charge is 0.378 e. The topological polar surface area (TPSA) is 66.2 Å². The molecule has 5 nitrogen and oxygen atoms in total. The number of hydrogen-bond donors (Lipinski definition) is 0. The van der Waals surface area contributed by atoms with Gasteiger partial charge in [0.05, 0.1) is 30.0 Å². The molecule has 0 bridgehead atoms. The lowest BCUT2D eigenvalue weighted by Gasteiger charge is -2.26. The fourth-order valence-corrected chi connectivity index (χ4v) is 3.35. The van der Waals surface area contributed by atoms with Crippen LogP contribution in [0.3, 0.4) is 0 Å². The first kappa shape index (κ1) is 15.8. The van der Waals surface area contributed by atoms with Crippen molar-refractivity contribution in [1.82, 2.24) is 9.88 Å². The highest BCUT2D eigenvalue weighted by molar-refractivity contribution is 8.00. The zero-order valence-corrected chi connectivity index (χ0v) is 13.7. The zero-order chi connectivity index (χ0) is 16.2. The van der Waals surface area contributed by atoms with E-state index < -0.39 is 0 Å². The van der Waals surface area contributed by atoms with Crippen LogP contribution >= 0.6 is 11.8 Å². The van der Waals surface area contributed by atoms with Gasteiger partial charge in [0.15, 0.2) is 0 Å². The second kappa shape index (κ2) is 6.99. The summed E-state index contributed by atoms with van der Waals surface area (Å²) in [6.07, 6.45) is 0. The van der Waals surface area contributed by atoms with E-state index in [1.54, 1.807) is 4.90 Å². The lowest BCUT2D eigenvalue weighted by Crippen LogP contribution is -2.41. The molecule has 0 radical (unpaired) electrons. The number of rotatable bonds is 3. The van der Waals surface area contributed by atoms with Gasteiger partial charge >= 0.3 is 0 Å². The van der Waals surface area contributed by atoms with E-state index in [1.165, 1.54) is 11.8 Å². The molecule has 1 aromatic carbocycles. The molecule has 0 saturated carbocycles. The maximum atomic E-state index is 12.2. The first-order chi connectivity index (χ1) is 11.2. The lowest BCUT2D eigenvalue weighted by molar-refractivity contribution is -0.132. The number of amides is 1. The van der Waals surface area contributed by atoms with Gasteiger partial charge in [0, 0.05) is 18.5 Å². The van der Waals surface area contributed by atoms with Crippen LogP contribution in [-0.2, 0) is 9.53 Å². The standard InChI is InChI=1S/C17H17N3O2S/c1-12-2-3-13-9-14(10-18)17(19-15(13)8-12)23-11-16(21)20-4-6-22-7-5-20/h2-3,8-9H,4-7,11H2,1H3. The van der Waals surface area contributed by atoms with Crippen molar-refractivity contribution in [1.29, 1.82) is 5.26 Å². The number of fused-ring (bicyclic) bond motifs is 1. The Balaban J connectivity index is 1.78. The van der Waals surface area contributed by atoms with Gasteiger partial charge in [-0.25, -0.2) is 4.98 Å². The van der Waals surface area contributed by atoms with E-state index in [4.69, 9.17) is 4.74 Å². The van der Waals surface area contributed by atoms with Crippen molar-refractivity contribution in [2.45, 2.75) is 11.9 Å². The molecular weight excluding hydrogens is 310 g/mol. The number of carbonyl (C=O) groups is 1. The molecule has 2 aromatic rings. The van der Waals surface area contributed by atoms with Gasteiger partial charge in [-0.15, -0.1) is 0 Å². The average molecular weight is 327 g/mol. The number of pyridine rings is 1. The summed E-state index contributed by atoms with van der Waals surface area (Å²) in [5, 5.41) is 10.9. The third kappa shape index (κ3) is 3.63. The minimum atomic E-state index is 0.0633. The van der Waals surface area contributed by atoms with Crippen LogP contribution in [0.15, 0.2) is 29.3 Å². The molecule has 1 amide bonds. The third-order valence-corrected chi connectivity index (χ3v) is 4.73. The van der Waals surface area contributed by atoms with Gasteiger partial charge in [-0.1, -0.05) is 23.9 Å². The van der Waals surface area contributed by atoms with Crippen LogP contribution in [0.25, 0.3) is 10.9 Å². The summed E-state index contributed by atoms with van der Waals surface area (Å²) >= 11 is 1.33. The maximum absolute atomic E-state index is 12.2. The second-order valence-electron chi connectivity index (χ2n) is 5.43. The summed E-state index contributed by atoms with van der Waals surface area (Å²) in [6, 6.07) is 9.97. The number of morpholine rings is 1. The van der Waals surface area contributed by atoms with Crippen molar-refractivity contribution in [3.05, 3.63) is 35.4 Å². The number of nitriles is 1. The highest BCUT2D eigenvalue weighted by Gasteiger charge is 2.18. The molecule has 1 aliphatic rings. The quantitative estimate of drug-likeness (QED) is 0.810. The Bertz CT molecular complexity index is 779. The molecule has 0 atom stereocenters. The van der Waals surface area contributed by atoms with Crippen molar-refractivity contribution in [3.8, 4) is 6.07 Å². The highest BCUT2D eigenvalue weighted by Crippen LogP contribution is 2.25. The molecule has 2 heterocycles. The normalized spacial score (nSPS) is 14.7. The first-order valence-electron chi connectivity index (χ1n) is 7.47. The number of nitrogens with zero attached hydrogens (tertiary/aromatic N) is 3. The summed E-state index contributed by atoms with van der Waals surface area (Å²) < 4.78 is 5.25. The van der Waals surface area contributed by atoms with E-state index in [-0.39, 0.29) is 5.91 Å². The smallest absolute Gasteiger partial charge is 0.233 e. The summed E-state index contributed by atoms with van der Waals surface area (Å²) in [7, 11) is 0. The maximum Gasteiger partial charge on any atom is 0.233 e. The molecule has 1 aliphatic heterocycles. The predicted molar refractivity (Wildman–Crippen MR) is 89.3 cm³/mol. The predicted octanol–water partition coefficient (Wildman–Crippen LogP) is 2.37. The SMILES string of the molecule is Cc1ccc2cc(C#N)c(SCC(=O)N3CCOCC3)nc2c1. The van der Waals surface area contributed by atoms with Crippen molar-refractivity contribution < 1.29 is 9.53 Å². The molecule has 0 unspecified atom stereocenters. The van der Waals surface area contributed by atoms with Gasteiger partial charge in [-0.2, -0.15) is 5.26 Å². The molecule has 1 aromatic heterocycles. The number of carbonyl (C=O) groups excluding carboxylic acids is 1. The molecule has 0 aliphatic carbocycles. The minimum Gasteiger partial charge on any atom is -0.378 e. The van der Waals surface area contributed by atoms with Crippen molar-refractivity contribution >= 4 is 28.6 Å². The molecule has 0 N–H and O–H groups in total. The van der Waals surface area contributed by atoms with Crippen molar-refractivity contribution in [2.24, 2.45) is 0 Å². The average Bonchev–Trinajstić information content (AvgIpc) is 2.59. The van der Waals surface area contributed by atoms with E-state index in [0.29, 0.717) is 42.6 Å². The number of aryl methyl sites for hydroxylation is 1. The van der Waals surface area contributed by atoms with E-state index in [1.807, 2.05) is 31.2 Å². The number of benzene rings is 1. The monoisotopic (exact) mass is 327 g/mol. The molecular formula is C17H17N3O2S. The van der Waals surface area contributed by atoms with Gasteiger partial charge in [-0.05, 0) is 24.6 Å². The van der Waals surface area contributed by atoms with Gasteiger partial charge in [-0.3, -0.25) is 4.79 Å². The van der Waals surface area contributed by atoms with Gasteiger partial charge in [0.2, 0.25) is 5.91 Å². The van der Waals surface area contributed by atoms with Crippen LogP contribution in [0.2, 0.25) is 0 Å². The Labute approximate surface area is 139 Å². The number of ether oxygens (including phenoxy) is 1. The van der Waals surface area contributed by atoms with E-state index >= 15 is 0 Å². The van der Waals surface area contributed by atoms with Crippen LogP contribution in [0.1, 0.15) is 11.1 Å². The Hall–Kier alpha value is -2.10. The van der Waals surface area contributed by atoms with Crippen LogP contribution in [-0.4, -0.2) is 47.8 Å².